The van der Waals surface area contributed by atoms with Gasteiger partial charge < -0.3 is 0 Å². The van der Waals surface area contributed by atoms with Crippen LogP contribution in [0.2, 0.25) is 0 Å². The van der Waals surface area contributed by atoms with Crippen molar-refractivity contribution in [2.75, 3.05) is 0 Å². The second-order valence-corrected chi connectivity index (χ2v) is 18.6. The summed E-state index contributed by atoms with van der Waals surface area (Å²) >= 11 is 3.71. The molecule has 0 fully saturated rings. The average Bonchev–Trinajstić information content (AvgIpc) is 4.06. The molecule has 0 radical (unpaired) electrons. The number of thiophene rings is 2. The first-order valence-corrected chi connectivity index (χ1v) is 22.3. The van der Waals surface area contributed by atoms with Crippen LogP contribution in [0.15, 0.2) is 122 Å². The standard InChI is InChI=1S/C52H32N8S2/c1-25-11-9-15-31-39-49(27(3)21-33-29-13-5-7-17-35(29)61-51(33)39)59(47(25)31)37-23-55-43-41-42(54-20-19-53-41)45-44(46(43)58-37)56-24-38(57-45)60-48-26(2)12-10-16-32(48)40-50(60)28(4)22-34-30-14-6-8-18-36(30)62-52(34)40/h5-24H,1-4H3. The summed E-state index contributed by atoms with van der Waals surface area (Å²) in [5.74, 6) is 1.43. The van der Waals surface area contributed by atoms with Crippen LogP contribution < -0.4 is 0 Å². The van der Waals surface area contributed by atoms with E-state index in [4.69, 9.17) is 29.9 Å². The van der Waals surface area contributed by atoms with Gasteiger partial charge in [-0.05, 0) is 74.2 Å². The Kier molecular flexibility index (Phi) is 6.71. The van der Waals surface area contributed by atoms with E-state index >= 15 is 0 Å². The van der Waals surface area contributed by atoms with Gasteiger partial charge in [0, 0.05) is 74.3 Å². The Balaban J connectivity index is 1.07. The molecule has 14 rings (SSSR count). The minimum absolute atomic E-state index is 0.633. The fourth-order valence-electron chi connectivity index (χ4n) is 10.4. The average molecular weight is 833 g/mol. The summed E-state index contributed by atoms with van der Waals surface area (Å²) < 4.78 is 9.74. The molecular formula is C52H32N8S2. The number of hydrogen-bond acceptors (Lipinski definition) is 8. The maximum Gasteiger partial charge on any atom is 0.157 e. The molecule has 0 aliphatic carbocycles. The van der Waals surface area contributed by atoms with Gasteiger partial charge in [-0.15, -0.1) is 22.7 Å². The summed E-state index contributed by atoms with van der Waals surface area (Å²) in [5, 5.41) is 10.0. The number of fused-ring (bicyclic) bond motifs is 20. The number of nitrogens with zero attached hydrogens (tertiary/aromatic N) is 8. The van der Waals surface area contributed by atoms with Gasteiger partial charge in [-0.25, -0.2) is 19.9 Å². The summed E-state index contributed by atoms with van der Waals surface area (Å²) in [6.45, 7) is 8.78. The van der Waals surface area contributed by atoms with Gasteiger partial charge in [0.15, 0.2) is 11.6 Å². The molecule has 0 spiro atoms. The summed E-state index contributed by atoms with van der Waals surface area (Å²) in [4.78, 5) is 31.2. The Morgan fingerprint density at radius 2 is 0.806 bits per heavy atom. The third-order valence-corrected chi connectivity index (χ3v) is 15.3. The topological polar surface area (TPSA) is 87.2 Å². The number of hydrogen-bond donors (Lipinski definition) is 0. The normalized spacial score (nSPS) is 12.5. The minimum Gasteiger partial charge on any atom is -0.292 e. The molecule has 62 heavy (non-hydrogen) atoms. The van der Waals surface area contributed by atoms with Crippen molar-refractivity contribution >= 4 is 140 Å². The smallest absolute Gasteiger partial charge is 0.157 e. The van der Waals surface area contributed by atoms with E-state index in [9.17, 15) is 0 Å². The van der Waals surface area contributed by atoms with E-state index in [1.807, 2.05) is 35.1 Å². The second-order valence-electron chi connectivity index (χ2n) is 16.5. The number of aryl methyl sites for hydroxylation is 4. The van der Waals surface area contributed by atoms with Crippen LogP contribution in [-0.4, -0.2) is 39.0 Å². The highest BCUT2D eigenvalue weighted by Crippen LogP contribution is 2.47. The van der Waals surface area contributed by atoms with E-state index in [-0.39, 0.29) is 0 Å². The molecular weight excluding hydrogens is 801 g/mol. The molecule has 14 aromatic rings. The number of benzene rings is 7. The van der Waals surface area contributed by atoms with Crippen molar-refractivity contribution in [1.29, 1.82) is 0 Å². The van der Waals surface area contributed by atoms with Crippen LogP contribution in [0.5, 0.6) is 0 Å². The lowest BCUT2D eigenvalue weighted by atomic mass is 10.0. The van der Waals surface area contributed by atoms with Gasteiger partial charge in [0.2, 0.25) is 0 Å². The largest absolute Gasteiger partial charge is 0.292 e. The summed E-state index contributed by atoms with van der Waals surface area (Å²) in [6.07, 6.45) is 7.20. The first-order chi connectivity index (χ1) is 30.4. The Morgan fingerprint density at radius 3 is 1.31 bits per heavy atom. The lowest BCUT2D eigenvalue weighted by Gasteiger charge is -2.14. The van der Waals surface area contributed by atoms with Gasteiger partial charge >= 0.3 is 0 Å². The monoisotopic (exact) mass is 832 g/mol. The highest BCUT2D eigenvalue weighted by atomic mass is 32.1. The molecule has 292 valence electrons. The molecule has 0 saturated carbocycles. The molecule has 0 N–H and O–H groups in total. The van der Waals surface area contributed by atoms with Crippen LogP contribution in [0.4, 0.5) is 0 Å². The van der Waals surface area contributed by atoms with Crippen LogP contribution in [0.25, 0.3) is 129 Å². The molecule has 10 heteroatoms. The summed E-state index contributed by atoms with van der Waals surface area (Å²) in [5.41, 5.74) is 13.0. The van der Waals surface area contributed by atoms with Crippen molar-refractivity contribution in [2.45, 2.75) is 27.7 Å². The second kappa shape index (κ2) is 12.1. The van der Waals surface area contributed by atoms with Crippen molar-refractivity contribution in [3.8, 4) is 11.6 Å². The summed E-state index contributed by atoms with van der Waals surface area (Å²) in [6, 6.07) is 35.3. The number of aromatic nitrogens is 8. The van der Waals surface area contributed by atoms with Crippen LogP contribution in [0.3, 0.4) is 0 Å². The van der Waals surface area contributed by atoms with Crippen LogP contribution in [-0.2, 0) is 0 Å². The Labute approximate surface area is 360 Å². The maximum absolute atomic E-state index is 5.50. The first-order valence-electron chi connectivity index (χ1n) is 20.7. The molecule has 0 unspecified atom stereocenters. The Hall–Kier alpha value is -7.40. The van der Waals surface area contributed by atoms with Crippen molar-refractivity contribution in [2.24, 2.45) is 0 Å². The van der Waals surface area contributed by atoms with E-state index in [1.54, 1.807) is 12.4 Å². The van der Waals surface area contributed by atoms with Crippen molar-refractivity contribution in [1.82, 2.24) is 39.0 Å². The lowest BCUT2D eigenvalue weighted by Crippen LogP contribution is -2.05. The fourth-order valence-corrected chi connectivity index (χ4v) is 12.9. The summed E-state index contributed by atoms with van der Waals surface area (Å²) in [7, 11) is 0. The highest BCUT2D eigenvalue weighted by Gasteiger charge is 2.25. The van der Waals surface area contributed by atoms with Gasteiger partial charge in [0.25, 0.3) is 0 Å². The number of rotatable bonds is 2. The van der Waals surface area contributed by atoms with Crippen LogP contribution in [0, 0.1) is 27.7 Å². The van der Waals surface area contributed by atoms with Crippen LogP contribution >= 0.6 is 22.7 Å². The van der Waals surface area contributed by atoms with Crippen molar-refractivity contribution in [3.63, 3.8) is 0 Å². The molecule has 0 aliphatic heterocycles. The van der Waals surface area contributed by atoms with E-state index in [0.29, 0.717) is 44.7 Å². The maximum atomic E-state index is 5.50. The van der Waals surface area contributed by atoms with E-state index in [0.717, 1.165) is 33.2 Å². The van der Waals surface area contributed by atoms with Gasteiger partial charge in [0.05, 0.1) is 34.5 Å². The molecule has 0 amide bonds. The highest BCUT2D eigenvalue weighted by molar-refractivity contribution is 7.27. The molecule has 7 aromatic heterocycles. The van der Waals surface area contributed by atoms with Gasteiger partial charge in [-0.2, -0.15) is 0 Å². The molecule has 7 heterocycles. The van der Waals surface area contributed by atoms with E-state index in [1.165, 1.54) is 73.0 Å². The molecule has 8 nitrogen and oxygen atoms in total. The zero-order chi connectivity index (χ0) is 41.1. The van der Waals surface area contributed by atoms with Gasteiger partial charge in [-0.1, -0.05) is 72.8 Å². The van der Waals surface area contributed by atoms with E-state index in [2.05, 4.69) is 134 Å². The molecule has 0 saturated heterocycles. The zero-order valence-corrected chi connectivity index (χ0v) is 35.6. The van der Waals surface area contributed by atoms with E-state index < -0.39 is 0 Å². The van der Waals surface area contributed by atoms with Crippen molar-refractivity contribution < 1.29 is 0 Å². The Bertz CT molecular complexity index is 4110. The number of para-hydroxylation sites is 2. The third-order valence-electron chi connectivity index (χ3n) is 12.9. The first kappa shape index (κ1) is 34.3. The predicted molar refractivity (Wildman–Crippen MR) is 259 cm³/mol. The van der Waals surface area contributed by atoms with Crippen LogP contribution in [0.1, 0.15) is 22.3 Å². The Morgan fingerprint density at radius 1 is 0.387 bits per heavy atom. The predicted octanol–water partition coefficient (Wildman–Crippen LogP) is 13.7. The molecule has 0 bridgehead atoms. The van der Waals surface area contributed by atoms with Gasteiger partial charge in [0.1, 0.15) is 33.1 Å². The van der Waals surface area contributed by atoms with Gasteiger partial charge in [-0.3, -0.25) is 19.1 Å². The van der Waals surface area contributed by atoms with Crippen molar-refractivity contribution in [3.05, 3.63) is 144 Å². The molecule has 7 aromatic carbocycles. The SMILES string of the molecule is Cc1cccc2c3c4sc5ccccc5c4cc(C)c3n(-c3cnc4c5nccnc5c5nc(-n6c7c(C)cccc7c7c8sc9ccccc9c8cc(C)c76)cnc5c4n3)c12. The lowest BCUT2D eigenvalue weighted by molar-refractivity contribution is 1.05. The quantitative estimate of drug-likeness (QED) is 0.161. The zero-order valence-electron chi connectivity index (χ0n) is 33.9. The molecule has 0 aliphatic rings. The third kappa shape index (κ3) is 4.34. The minimum atomic E-state index is 0.633. The molecule has 0 atom stereocenters. The fraction of sp³-hybridized carbons (Fsp3) is 0.0769.